The summed E-state index contributed by atoms with van der Waals surface area (Å²) in [6, 6.07) is 9.38. The first-order chi connectivity index (χ1) is 10.3. The number of benzene rings is 1. The molecule has 0 amide bonds. The Bertz CT molecular complexity index is 723. The van der Waals surface area contributed by atoms with Crippen LogP contribution in [0, 0.1) is 5.41 Å². The zero-order chi connectivity index (χ0) is 16.4. The molecule has 0 saturated carbocycles. The fourth-order valence-corrected chi connectivity index (χ4v) is 3.39. The molecule has 0 unspecified atom stereocenters. The van der Waals surface area contributed by atoms with E-state index in [0.717, 1.165) is 5.69 Å². The van der Waals surface area contributed by atoms with E-state index in [1.54, 1.807) is 11.7 Å². The minimum absolute atomic E-state index is 0.173. The molecule has 2 rings (SSSR count). The first-order valence-electron chi connectivity index (χ1n) is 7.03. The third kappa shape index (κ3) is 3.55. The predicted molar refractivity (Wildman–Crippen MR) is 86.2 cm³/mol. The normalized spacial score (nSPS) is 12.8. The molecule has 1 aromatic heterocycles. The summed E-state index contributed by atoms with van der Waals surface area (Å²) in [4.78, 5) is 0.173. The molecule has 0 aliphatic rings. The summed E-state index contributed by atoms with van der Waals surface area (Å²) in [6.07, 6.45) is 2.89. The number of hydrogen-bond acceptors (Lipinski definition) is 4. The van der Waals surface area contributed by atoms with Crippen LogP contribution in [0.2, 0.25) is 0 Å². The highest BCUT2D eigenvalue weighted by Gasteiger charge is 2.28. The van der Waals surface area contributed by atoms with E-state index in [1.165, 1.54) is 16.7 Å². The summed E-state index contributed by atoms with van der Waals surface area (Å²) in [5.74, 6) is 0. The molecular formula is C15H22N4O2S. The van der Waals surface area contributed by atoms with Gasteiger partial charge in [0.1, 0.15) is 4.90 Å². The molecule has 0 fully saturated rings. The van der Waals surface area contributed by atoms with E-state index in [2.05, 4.69) is 5.10 Å². The lowest BCUT2D eigenvalue weighted by Crippen LogP contribution is -2.39. The minimum Gasteiger partial charge on any atom is -0.330 e. The number of aromatic nitrogens is 2. The van der Waals surface area contributed by atoms with Crippen LogP contribution in [-0.4, -0.2) is 42.6 Å². The predicted octanol–water partition coefficient (Wildman–Crippen LogP) is 1.48. The van der Waals surface area contributed by atoms with Crippen LogP contribution in [-0.2, 0) is 10.0 Å². The van der Waals surface area contributed by atoms with Crippen molar-refractivity contribution in [3.8, 4) is 5.69 Å². The van der Waals surface area contributed by atoms with Crippen molar-refractivity contribution < 1.29 is 8.42 Å². The van der Waals surface area contributed by atoms with Gasteiger partial charge in [0.25, 0.3) is 0 Å². The molecule has 2 aromatic rings. The number of sulfonamides is 1. The van der Waals surface area contributed by atoms with Crippen LogP contribution in [0.3, 0.4) is 0 Å². The van der Waals surface area contributed by atoms with Gasteiger partial charge >= 0.3 is 0 Å². The lowest BCUT2D eigenvalue weighted by molar-refractivity contribution is 0.292. The van der Waals surface area contributed by atoms with E-state index in [9.17, 15) is 8.42 Å². The van der Waals surface area contributed by atoms with Crippen LogP contribution in [0.5, 0.6) is 0 Å². The Hall–Kier alpha value is -1.70. The van der Waals surface area contributed by atoms with Gasteiger partial charge in [-0.1, -0.05) is 32.0 Å². The minimum atomic E-state index is -3.57. The van der Waals surface area contributed by atoms with E-state index in [-0.39, 0.29) is 10.3 Å². The number of hydrogen-bond donors (Lipinski definition) is 1. The Balaban J connectivity index is 2.26. The topological polar surface area (TPSA) is 81.2 Å². The van der Waals surface area contributed by atoms with E-state index in [4.69, 9.17) is 5.73 Å². The van der Waals surface area contributed by atoms with Gasteiger partial charge in [-0.3, -0.25) is 0 Å². The lowest BCUT2D eigenvalue weighted by atomic mass is 9.94. The van der Waals surface area contributed by atoms with Crippen molar-refractivity contribution in [2.45, 2.75) is 18.7 Å². The van der Waals surface area contributed by atoms with Crippen molar-refractivity contribution in [2.24, 2.45) is 11.1 Å². The van der Waals surface area contributed by atoms with Crippen molar-refractivity contribution in [1.82, 2.24) is 14.1 Å². The lowest BCUT2D eigenvalue weighted by Gasteiger charge is -2.28. The highest BCUT2D eigenvalue weighted by atomic mass is 32.2. The van der Waals surface area contributed by atoms with Crippen LogP contribution in [0.25, 0.3) is 5.69 Å². The Labute approximate surface area is 131 Å². The van der Waals surface area contributed by atoms with Crippen LogP contribution >= 0.6 is 0 Å². The van der Waals surface area contributed by atoms with Gasteiger partial charge in [0.05, 0.1) is 18.1 Å². The van der Waals surface area contributed by atoms with E-state index >= 15 is 0 Å². The quantitative estimate of drug-likeness (QED) is 0.873. The Morgan fingerprint density at radius 3 is 2.50 bits per heavy atom. The molecule has 0 aliphatic heterocycles. The average molecular weight is 322 g/mol. The summed E-state index contributed by atoms with van der Waals surface area (Å²) >= 11 is 0. The third-order valence-electron chi connectivity index (χ3n) is 3.49. The van der Waals surface area contributed by atoms with E-state index in [0.29, 0.717) is 13.1 Å². The summed E-state index contributed by atoms with van der Waals surface area (Å²) in [7, 11) is -2.01. The molecule has 1 heterocycles. The monoisotopic (exact) mass is 322 g/mol. The largest absolute Gasteiger partial charge is 0.330 e. The summed E-state index contributed by atoms with van der Waals surface area (Å²) in [5.41, 5.74) is 6.21. The first-order valence-corrected chi connectivity index (χ1v) is 8.47. The maximum Gasteiger partial charge on any atom is 0.245 e. The maximum absolute atomic E-state index is 12.6. The van der Waals surface area contributed by atoms with Gasteiger partial charge in [-0.25, -0.2) is 17.4 Å². The molecule has 0 atom stereocenters. The number of nitrogens with two attached hydrogens (primary N) is 1. The van der Waals surface area contributed by atoms with Crippen molar-refractivity contribution >= 4 is 10.0 Å². The molecule has 0 bridgehead atoms. The third-order valence-corrected chi connectivity index (χ3v) is 5.25. The highest BCUT2D eigenvalue weighted by molar-refractivity contribution is 7.89. The van der Waals surface area contributed by atoms with Gasteiger partial charge < -0.3 is 5.73 Å². The molecular weight excluding hydrogens is 300 g/mol. The second-order valence-electron chi connectivity index (χ2n) is 6.09. The van der Waals surface area contributed by atoms with Gasteiger partial charge in [-0.2, -0.15) is 5.10 Å². The van der Waals surface area contributed by atoms with Gasteiger partial charge in [-0.15, -0.1) is 0 Å². The van der Waals surface area contributed by atoms with Crippen molar-refractivity contribution in [2.75, 3.05) is 20.1 Å². The fourth-order valence-electron chi connectivity index (χ4n) is 2.09. The first kappa shape index (κ1) is 16.7. The van der Waals surface area contributed by atoms with Crippen LogP contribution in [0.15, 0.2) is 47.6 Å². The zero-order valence-electron chi connectivity index (χ0n) is 13.1. The molecule has 0 aliphatic carbocycles. The zero-order valence-corrected chi connectivity index (χ0v) is 13.9. The smallest absolute Gasteiger partial charge is 0.245 e. The second-order valence-corrected chi connectivity index (χ2v) is 8.13. The Morgan fingerprint density at radius 2 is 1.91 bits per heavy atom. The van der Waals surface area contributed by atoms with Crippen LogP contribution in [0.4, 0.5) is 0 Å². The fraction of sp³-hybridized carbons (Fsp3) is 0.400. The van der Waals surface area contributed by atoms with Crippen molar-refractivity contribution in [3.05, 3.63) is 42.7 Å². The van der Waals surface area contributed by atoms with Crippen molar-refractivity contribution in [1.29, 1.82) is 0 Å². The molecule has 7 heteroatoms. The molecule has 1 aromatic carbocycles. The van der Waals surface area contributed by atoms with E-state index in [1.807, 2.05) is 44.2 Å². The number of nitrogens with zero attached hydrogens (tertiary/aromatic N) is 3. The molecule has 2 N–H and O–H groups in total. The van der Waals surface area contributed by atoms with Crippen LogP contribution in [0.1, 0.15) is 13.8 Å². The van der Waals surface area contributed by atoms with Gasteiger partial charge in [0.15, 0.2) is 0 Å². The number of rotatable bonds is 6. The van der Waals surface area contributed by atoms with E-state index < -0.39 is 10.0 Å². The SMILES string of the molecule is CN(CC(C)(C)CN)S(=O)(=O)c1cnn(-c2ccccc2)c1. The number of para-hydroxylation sites is 1. The molecule has 6 nitrogen and oxygen atoms in total. The van der Waals surface area contributed by atoms with Gasteiger partial charge in [0.2, 0.25) is 10.0 Å². The summed E-state index contributed by atoms with van der Waals surface area (Å²) in [6.45, 7) is 4.64. The van der Waals surface area contributed by atoms with Gasteiger partial charge in [-0.05, 0) is 24.1 Å². The standard InChI is InChI=1S/C15H22N4O2S/c1-15(2,11-16)12-18(3)22(20,21)14-9-17-19(10-14)13-7-5-4-6-8-13/h4-10H,11-12,16H2,1-3H3. The average Bonchev–Trinajstić information content (AvgIpc) is 2.98. The molecule has 22 heavy (non-hydrogen) atoms. The Morgan fingerprint density at radius 1 is 1.27 bits per heavy atom. The Kier molecular flexibility index (Phi) is 4.69. The maximum atomic E-state index is 12.6. The van der Waals surface area contributed by atoms with Crippen LogP contribution < -0.4 is 5.73 Å². The second kappa shape index (κ2) is 6.20. The molecule has 0 radical (unpaired) electrons. The summed E-state index contributed by atoms with van der Waals surface area (Å²) < 4.78 is 28.1. The molecule has 0 spiro atoms. The van der Waals surface area contributed by atoms with Crippen molar-refractivity contribution in [3.63, 3.8) is 0 Å². The van der Waals surface area contributed by atoms with Gasteiger partial charge in [0, 0.05) is 13.6 Å². The highest BCUT2D eigenvalue weighted by Crippen LogP contribution is 2.21. The summed E-state index contributed by atoms with van der Waals surface area (Å²) in [5, 5.41) is 4.14. The molecule has 0 saturated heterocycles. The molecule has 120 valence electrons.